The normalized spacial score (nSPS) is 18.1. The Bertz CT molecular complexity index is 529. The van der Waals surface area contributed by atoms with Crippen molar-refractivity contribution in [3.05, 3.63) is 18.2 Å². The maximum Gasteiger partial charge on any atom is 0.422 e. The zero-order chi connectivity index (χ0) is 16.2. The highest BCUT2D eigenvalue weighted by Crippen LogP contribution is 2.31. The van der Waals surface area contributed by atoms with Crippen LogP contribution in [0.5, 0.6) is 11.5 Å². The van der Waals surface area contributed by atoms with Gasteiger partial charge in [-0.25, -0.2) is 0 Å². The predicted molar refractivity (Wildman–Crippen MR) is 74.2 cm³/mol. The lowest BCUT2D eigenvalue weighted by Crippen LogP contribution is -2.35. The summed E-state index contributed by atoms with van der Waals surface area (Å²) in [5, 5.41) is 5.70. The average Bonchev–Trinajstić information content (AvgIpc) is 2.99. The van der Waals surface area contributed by atoms with Gasteiger partial charge in [-0.15, -0.1) is 0 Å². The van der Waals surface area contributed by atoms with Crippen molar-refractivity contribution in [1.29, 1.82) is 0 Å². The molecule has 22 heavy (non-hydrogen) atoms. The minimum atomic E-state index is -4.45. The van der Waals surface area contributed by atoms with Gasteiger partial charge in [-0.2, -0.15) is 13.2 Å². The molecule has 2 rings (SSSR count). The first-order chi connectivity index (χ1) is 10.4. The van der Waals surface area contributed by atoms with Gasteiger partial charge in [0, 0.05) is 11.8 Å². The lowest BCUT2D eigenvalue weighted by molar-refractivity contribution is -0.153. The number of carbonyl (C=O) groups is 1. The molecule has 1 saturated heterocycles. The van der Waals surface area contributed by atoms with Gasteiger partial charge in [0.2, 0.25) is 5.91 Å². The summed E-state index contributed by atoms with van der Waals surface area (Å²) in [6.45, 7) is -0.647. The van der Waals surface area contributed by atoms with Gasteiger partial charge in [-0.3, -0.25) is 4.79 Å². The van der Waals surface area contributed by atoms with Crippen LogP contribution in [0.25, 0.3) is 0 Å². The Hall–Kier alpha value is -1.96. The van der Waals surface area contributed by atoms with E-state index in [1.54, 1.807) is 6.07 Å². The Balaban J connectivity index is 2.07. The molecule has 0 aromatic heterocycles. The quantitative estimate of drug-likeness (QED) is 0.875. The van der Waals surface area contributed by atoms with Gasteiger partial charge in [0.05, 0.1) is 13.2 Å². The van der Waals surface area contributed by atoms with E-state index in [-0.39, 0.29) is 23.4 Å². The van der Waals surface area contributed by atoms with Crippen molar-refractivity contribution < 1.29 is 27.4 Å². The third kappa shape index (κ3) is 4.52. The molecule has 1 heterocycles. The van der Waals surface area contributed by atoms with E-state index >= 15 is 0 Å². The smallest absolute Gasteiger partial charge is 0.422 e. The number of nitrogens with one attached hydrogen (secondary N) is 2. The number of amides is 1. The number of benzene rings is 1. The first kappa shape index (κ1) is 16.4. The number of carbonyl (C=O) groups excluding carboxylic acids is 1. The van der Waals surface area contributed by atoms with Crippen molar-refractivity contribution in [2.24, 2.45) is 0 Å². The van der Waals surface area contributed by atoms with E-state index in [4.69, 9.17) is 9.47 Å². The molecule has 1 fully saturated rings. The fraction of sp³-hybridized carbons (Fsp3) is 0.500. The summed E-state index contributed by atoms with van der Waals surface area (Å²) in [5.41, 5.74) is 0.358. The molecule has 0 aliphatic carbocycles. The second-order valence-corrected chi connectivity index (χ2v) is 4.91. The Kier molecular flexibility index (Phi) is 5.12. The highest BCUT2D eigenvalue weighted by molar-refractivity contribution is 5.95. The Morgan fingerprint density at radius 3 is 2.77 bits per heavy atom. The molecule has 5 nitrogen and oxygen atoms in total. The van der Waals surface area contributed by atoms with E-state index in [0.717, 1.165) is 19.4 Å². The molecule has 122 valence electrons. The molecule has 1 aliphatic heterocycles. The van der Waals surface area contributed by atoms with Crippen molar-refractivity contribution in [2.45, 2.75) is 25.1 Å². The summed E-state index contributed by atoms with van der Waals surface area (Å²) in [5.74, 6) is -0.123. The van der Waals surface area contributed by atoms with Crippen LogP contribution in [0.4, 0.5) is 18.9 Å². The molecule has 1 amide bonds. The predicted octanol–water partition coefficient (Wildman–Crippen LogP) is 2.33. The highest BCUT2D eigenvalue weighted by Gasteiger charge is 2.29. The molecular weight excluding hydrogens is 301 g/mol. The summed E-state index contributed by atoms with van der Waals surface area (Å²) < 4.78 is 46.4. The Labute approximate surface area is 125 Å². The number of alkyl halides is 3. The van der Waals surface area contributed by atoms with Crippen molar-refractivity contribution in [1.82, 2.24) is 5.32 Å². The third-order valence-corrected chi connectivity index (χ3v) is 3.20. The van der Waals surface area contributed by atoms with Crippen LogP contribution in [0.15, 0.2) is 18.2 Å². The lowest BCUT2D eigenvalue weighted by atomic mass is 10.2. The summed E-state index contributed by atoms with van der Waals surface area (Å²) in [4.78, 5) is 12.0. The fourth-order valence-corrected chi connectivity index (χ4v) is 2.16. The molecule has 1 aliphatic rings. The van der Waals surface area contributed by atoms with Gasteiger partial charge < -0.3 is 20.1 Å². The van der Waals surface area contributed by atoms with Crippen LogP contribution >= 0.6 is 0 Å². The van der Waals surface area contributed by atoms with Crippen LogP contribution < -0.4 is 20.1 Å². The summed E-state index contributed by atoms with van der Waals surface area (Å²) >= 11 is 0. The van der Waals surface area contributed by atoms with Gasteiger partial charge in [0.25, 0.3) is 0 Å². The van der Waals surface area contributed by atoms with Crippen LogP contribution in [-0.4, -0.2) is 38.4 Å². The number of ether oxygens (including phenoxy) is 2. The molecule has 8 heteroatoms. The SMILES string of the molecule is COc1ccc(NC(=O)C2CCCN2)cc1OCC(F)(F)F. The molecule has 1 atom stereocenters. The average molecular weight is 318 g/mol. The maximum absolute atomic E-state index is 12.2. The molecule has 0 radical (unpaired) electrons. The standard InChI is InChI=1S/C14H17F3N2O3/c1-21-11-5-4-9(7-12(11)22-8-14(15,16)17)19-13(20)10-3-2-6-18-10/h4-5,7,10,18H,2-3,6,8H2,1H3,(H,19,20). The van der Waals surface area contributed by atoms with Crippen LogP contribution in [0.1, 0.15) is 12.8 Å². The van der Waals surface area contributed by atoms with E-state index in [9.17, 15) is 18.0 Å². The molecule has 2 N–H and O–H groups in total. The number of hydrogen-bond donors (Lipinski definition) is 2. The van der Waals surface area contributed by atoms with Crippen LogP contribution in [0.2, 0.25) is 0 Å². The van der Waals surface area contributed by atoms with E-state index < -0.39 is 12.8 Å². The molecule has 0 saturated carbocycles. The van der Waals surface area contributed by atoms with Gasteiger partial charge in [-0.1, -0.05) is 0 Å². The molecule has 1 unspecified atom stereocenters. The Morgan fingerprint density at radius 1 is 1.41 bits per heavy atom. The first-order valence-electron chi connectivity index (χ1n) is 6.81. The fourth-order valence-electron chi connectivity index (χ4n) is 2.16. The summed E-state index contributed by atoms with van der Waals surface area (Å²) in [6, 6.07) is 4.04. The van der Waals surface area contributed by atoms with E-state index in [1.807, 2.05) is 0 Å². The van der Waals surface area contributed by atoms with Crippen molar-refractivity contribution in [3.63, 3.8) is 0 Å². The number of rotatable bonds is 5. The van der Waals surface area contributed by atoms with Gasteiger partial charge in [-0.05, 0) is 31.5 Å². The lowest BCUT2D eigenvalue weighted by Gasteiger charge is -2.15. The van der Waals surface area contributed by atoms with Crippen molar-refractivity contribution >= 4 is 11.6 Å². The zero-order valence-corrected chi connectivity index (χ0v) is 12.0. The third-order valence-electron chi connectivity index (χ3n) is 3.20. The van der Waals surface area contributed by atoms with Gasteiger partial charge in [0.1, 0.15) is 0 Å². The molecule has 1 aromatic carbocycles. The van der Waals surface area contributed by atoms with Crippen LogP contribution in [-0.2, 0) is 4.79 Å². The molecule has 1 aromatic rings. The largest absolute Gasteiger partial charge is 0.493 e. The maximum atomic E-state index is 12.2. The molecule has 0 spiro atoms. The van der Waals surface area contributed by atoms with E-state index in [1.165, 1.54) is 19.2 Å². The number of halogens is 3. The summed E-state index contributed by atoms with van der Waals surface area (Å²) in [7, 11) is 1.33. The molecular formula is C14H17F3N2O3. The van der Waals surface area contributed by atoms with E-state index in [2.05, 4.69) is 10.6 Å². The minimum absolute atomic E-state index is 0.0722. The van der Waals surface area contributed by atoms with Crippen LogP contribution in [0, 0.1) is 0 Å². The topological polar surface area (TPSA) is 59.6 Å². The molecule has 0 bridgehead atoms. The van der Waals surface area contributed by atoms with Crippen molar-refractivity contribution in [3.8, 4) is 11.5 Å². The number of methoxy groups -OCH3 is 1. The highest BCUT2D eigenvalue weighted by atomic mass is 19.4. The zero-order valence-electron chi connectivity index (χ0n) is 12.0. The second kappa shape index (κ2) is 6.87. The second-order valence-electron chi connectivity index (χ2n) is 4.91. The Morgan fingerprint density at radius 2 is 2.18 bits per heavy atom. The van der Waals surface area contributed by atoms with Gasteiger partial charge in [0.15, 0.2) is 18.1 Å². The minimum Gasteiger partial charge on any atom is -0.493 e. The first-order valence-corrected chi connectivity index (χ1v) is 6.81. The number of hydrogen-bond acceptors (Lipinski definition) is 4. The van der Waals surface area contributed by atoms with Gasteiger partial charge >= 0.3 is 6.18 Å². The van der Waals surface area contributed by atoms with Crippen molar-refractivity contribution in [2.75, 3.05) is 25.6 Å². The monoisotopic (exact) mass is 318 g/mol. The summed E-state index contributed by atoms with van der Waals surface area (Å²) in [6.07, 6.45) is -2.79. The van der Waals surface area contributed by atoms with E-state index in [0.29, 0.717) is 5.69 Å². The number of anilines is 1. The van der Waals surface area contributed by atoms with Crippen LogP contribution in [0.3, 0.4) is 0 Å².